The van der Waals surface area contributed by atoms with Gasteiger partial charge in [0, 0.05) is 18.4 Å². The molecule has 1 unspecified atom stereocenters. The molecule has 4 N–H and O–H groups in total. The van der Waals surface area contributed by atoms with Crippen molar-refractivity contribution in [2.45, 2.75) is 85.7 Å². The SMILES string of the molecule is CCCCNC(=O)CC1CC([C@@H](C)C(N)C(=O)N[C@@H](C)C(=O)C(C)(C)C)C1. The van der Waals surface area contributed by atoms with E-state index in [0.29, 0.717) is 18.3 Å². The van der Waals surface area contributed by atoms with Crippen molar-refractivity contribution < 1.29 is 14.4 Å². The summed E-state index contributed by atoms with van der Waals surface area (Å²) in [5.74, 6) is 0.614. The molecule has 0 aromatic carbocycles. The first-order valence-electron chi connectivity index (χ1n) is 10.3. The Labute approximate surface area is 164 Å². The first-order chi connectivity index (χ1) is 12.5. The average molecular weight is 382 g/mol. The van der Waals surface area contributed by atoms with Crippen LogP contribution in [0.15, 0.2) is 0 Å². The fourth-order valence-corrected chi connectivity index (χ4v) is 3.68. The van der Waals surface area contributed by atoms with Crippen LogP contribution < -0.4 is 16.4 Å². The molecule has 3 atom stereocenters. The van der Waals surface area contributed by atoms with Crippen molar-refractivity contribution in [2.24, 2.45) is 28.9 Å². The van der Waals surface area contributed by atoms with Crippen LogP contribution >= 0.6 is 0 Å². The van der Waals surface area contributed by atoms with Gasteiger partial charge in [0.15, 0.2) is 5.78 Å². The van der Waals surface area contributed by atoms with E-state index in [2.05, 4.69) is 17.6 Å². The van der Waals surface area contributed by atoms with E-state index in [9.17, 15) is 14.4 Å². The quantitative estimate of drug-likeness (QED) is 0.506. The molecular formula is C21H39N3O3. The Morgan fingerprint density at radius 3 is 2.26 bits per heavy atom. The zero-order chi connectivity index (χ0) is 20.8. The van der Waals surface area contributed by atoms with Gasteiger partial charge >= 0.3 is 0 Å². The molecule has 2 amide bonds. The molecule has 27 heavy (non-hydrogen) atoms. The van der Waals surface area contributed by atoms with Crippen molar-refractivity contribution in [3.05, 3.63) is 0 Å². The standard InChI is InChI=1S/C21H39N3O3/c1-7-8-9-23-17(25)12-15-10-16(11-15)13(2)18(22)20(27)24-14(3)19(26)21(4,5)6/h13-16,18H,7-12,22H2,1-6H3,(H,23,25)(H,24,27)/t13-,14+,15?,16?,18?/m1/s1. The van der Waals surface area contributed by atoms with Gasteiger partial charge in [-0.25, -0.2) is 0 Å². The monoisotopic (exact) mass is 381 g/mol. The van der Waals surface area contributed by atoms with Crippen molar-refractivity contribution in [3.8, 4) is 0 Å². The van der Waals surface area contributed by atoms with E-state index in [1.165, 1.54) is 0 Å². The number of nitrogens with one attached hydrogen (secondary N) is 2. The highest BCUT2D eigenvalue weighted by Crippen LogP contribution is 2.41. The Morgan fingerprint density at radius 2 is 1.74 bits per heavy atom. The minimum atomic E-state index is -0.635. The first kappa shape index (κ1) is 23.6. The molecule has 156 valence electrons. The number of ketones is 1. The third kappa shape index (κ3) is 7.24. The van der Waals surface area contributed by atoms with Crippen LogP contribution in [0.3, 0.4) is 0 Å². The van der Waals surface area contributed by atoms with Crippen LogP contribution in [0.5, 0.6) is 0 Å². The van der Waals surface area contributed by atoms with Crippen LogP contribution in [-0.4, -0.2) is 36.2 Å². The molecule has 0 heterocycles. The Morgan fingerprint density at radius 1 is 1.15 bits per heavy atom. The van der Waals surface area contributed by atoms with Gasteiger partial charge < -0.3 is 16.4 Å². The molecule has 1 saturated carbocycles. The van der Waals surface area contributed by atoms with Crippen LogP contribution in [0.2, 0.25) is 0 Å². The van der Waals surface area contributed by atoms with Crippen LogP contribution in [0, 0.1) is 23.2 Å². The fraction of sp³-hybridized carbons (Fsp3) is 0.857. The molecule has 0 aromatic heterocycles. The maximum Gasteiger partial charge on any atom is 0.237 e. The average Bonchev–Trinajstić information content (AvgIpc) is 2.54. The largest absolute Gasteiger partial charge is 0.356 e. The van der Waals surface area contributed by atoms with Gasteiger partial charge in [-0.05, 0) is 43.9 Å². The highest BCUT2D eigenvalue weighted by molar-refractivity contribution is 5.93. The summed E-state index contributed by atoms with van der Waals surface area (Å²) in [7, 11) is 0. The highest BCUT2D eigenvalue weighted by Gasteiger charge is 2.38. The molecule has 0 radical (unpaired) electrons. The number of Topliss-reactive ketones (excluding diaryl/α,β-unsaturated/α-hetero) is 1. The lowest BCUT2D eigenvalue weighted by Gasteiger charge is -2.41. The Kier molecular flexibility index (Phi) is 8.92. The molecule has 0 spiro atoms. The summed E-state index contributed by atoms with van der Waals surface area (Å²) in [6, 6.07) is -1.18. The summed E-state index contributed by atoms with van der Waals surface area (Å²) >= 11 is 0. The minimum absolute atomic E-state index is 0.00602. The number of unbranched alkanes of at least 4 members (excludes halogenated alkanes) is 1. The van der Waals surface area contributed by atoms with Gasteiger partial charge in [0.2, 0.25) is 11.8 Å². The lowest BCUT2D eigenvalue weighted by Crippen LogP contribution is -2.53. The van der Waals surface area contributed by atoms with Crippen LogP contribution in [0.4, 0.5) is 0 Å². The van der Waals surface area contributed by atoms with Gasteiger partial charge in [0.25, 0.3) is 0 Å². The summed E-state index contributed by atoms with van der Waals surface area (Å²) in [5, 5.41) is 5.72. The van der Waals surface area contributed by atoms with Gasteiger partial charge in [-0.3, -0.25) is 14.4 Å². The summed E-state index contributed by atoms with van der Waals surface area (Å²) in [5.41, 5.74) is 5.66. The summed E-state index contributed by atoms with van der Waals surface area (Å²) in [4.78, 5) is 36.5. The lowest BCUT2D eigenvalue weighted by atomic mass is 9.66. The molecule has 1 aliphatic carbocycles. The van der Waals surface area contributed by atoms with Crippen molar-refractivity contribution in [1.82, 2.24) is 10.6 Å². The molecule has 0 bridgehead atoms. The molecule has 6 heteroatoms. The number of nitrogens with two attached hydrogens (primary N) is 1. The van der Waals surface area contributed by atoms with E-state index in [4.69, 9.17) is 5.73 Å². The van der Waals surface area contributed by atoms with E-state index in [-0.39, 0.29) is 23.5 Å². The van der Waals surface area contributed by atoms with Crippen molar-refractivity contribution in [2.75, 3.05) is 6.54 Å². The minimum Gasteiger partial charge on any atom is -0.356 e. The van der Waals surface area contributed by atoms with E-state index in [1.807, 2.05) is 27.7 Å². The second kappa shape index (κ2) is 10.2. The van der Waals surface area contributed by atoms with Gasteiger partial charge in [0.1, 0.15) is 0 Å². The Bertz CT molecular complexity index is 521. The normalized spacial score (nSPS) is 22.9. The maximum atomic E-state index is 12.4. The van der Waals surface area contributed by atoms with E-state index in [0.717, 1.165) is 32.2 Å². The summed E-state index contributed by atoms with van der Waals surface area (Å²) in [6.45, 7) is 12.1. The van der Waals surface area contributed by atoms with Gasteiger partial charge in [-0.2, -0.15) is 0 Å². The predicted molar refractivity (Wildman–Crippen MR) is 108 cm³/mol. The molecule has 0 aliphatic heterocycles. The molecule has 0 aromatic rings. The third-order valence-corrected chi connectivity index (χ3v) is 5.70. The van der Waals surface area contributed by atoms with Crippen molar-refractivity contribution >= 4 is 17.6 Å². The maximum absolute atomic E-state index is 12.4. The van der Waals surface area contributed by atoms with E-state index >= 15 is 0 Å². The smallest absolute Gasteiger partial charge is 0.237 e. The van der Waals surface area contributed by atoms with Crippen LogP contribution in [0.1, 0.15) is 73.6 Å². The number of hydrogen-bond donors (Lipinski definition) is 3. The van der Waals surface area contributed by atoms with E-state index in [1.54, 1.807) is 6.92 Å². The van der Waals surface area contributed by atoms with E-state index < -0.39 is 17.5 Å². The number of carbonyl (C=O) groups excluding carboxylic acids is 3. The molecule has 1 rings (SSSR count). The first-order valence-corrected chi connectivity index (χ1v) is 10.3. The number of amides is 2. The molecule has 1 aliphatic rings. The third-order valence-electron chi connectivity index (χ3n) is 5.70. The number of carbonyl (C=O) groups is 3. The molecule has 6 nitrogen and oxygen atoms in total. The topological polar surface area (TPSA) is 101 Å². The van der Waals surface area contributed by atoms with Crippen LogP contribution in [-0.2, 0) is 14.4 Å². The Balaban J connectivity index is 2.38. The summed E-state index contributed by atoms with van der Waals surface area (Å²) < 4.78 is 0. The number of hydrogen-bond acceptors (Lipinski definition) is 4. The molecule has 1 fully saturated rings. The van der Waals surface area contributed by atoms with Crippen molar-refractivity contribution in [1.29, 1.82) is 0 Å². The zero-order valence-electron chi connectivity index (χ0n) is 17.9. The van der Waals surface area contributed by atoms with Crippen LogP contribution in [0.25, 0.3) is 0 Å². The zero-order valence-corrected chi connectivity index (χ0v) is 17.9. The Hall–Kier alpha value is -1.43. The second-order valence-corrected chi connectivity index (χ2v) is 9.23. The van der Waals surface area contributed by atoms with Gasteiger partial charge in [-0.15, -0.1) is 0 Å². The van der Waals surface area contributed by atoms with Gasteiger partial charge in [0.05, 0.1) is 12.1 Å². The highest BCUT2D eigenvalue weighted by atomic mass is 16.2. The molecular weight excluding hydrogens is 342 g/mol. The van der Waals surface area contributed by atoms with Crippen molar-refractivity contribution in [3.63, 3.8) is 0 Å². The second-order valence-electron chi connectivity index (χ2n) is 9.23. The predicted octanol–water partition coefficient (Wildman–Crippen LogP) is 2.40. The summed E-state index contributed by atoms with van der Waals surface area (Å²) in [6.07, 6.45) is 4.50. The number of rotatable bonds is 10. The molecule has 0 saturated heterocycles. The fourth-order valence-electron chi connectivity index (χ4n) is 3.68. The lowest BCUT2D eigenvalue weighted by molar-refractivity contribution is -0.133. The van der Waals surface area contributed by atoms with Gasteiger partial charge in [-0.1, -0.05) is 41.0 Å².